The highest BCUT2D eigenvalue weighted by atomic mass is 16.5. The summed E-state index contributed by atoms with van der Waals surface area (Å²) in [6.07, 6.45) is 0.358. The zero-order valence-electron chi connectivity index (χ0n) is 14.2. The summed E-state index contributed by atoms with van der Waals surface area (Å²) in [5.74, 6) is 0.0258. The average molecular weight is 324 g/mol. The number of ether oxygens (including phenoxy) is 1. The van der Waals surface area contributed by atoms with E-state index in [9.17, 15) is 4.79 Å². The predicted octanol–water partition coefficient (Wildman–Crippen LogP) is 2.36. The highest BCUT2D eigenvalue weighted by molar-refractivity contribution is 6.03. The van der Waals surface area contributed by atoms with Crippen LogP contribution in [0.25, 0.3) is 0 Å². The maximum absolute atomic E-state index is 13.4. The SMILES string of the molecule is CN(C)C1NCCOC1(Cc1ccccc1)C(=O)c1ccccc1. The molecule has 2 unspecified atom stereocenters. The molecule has 24 heavy (non-hydrogen) atoms. The van der Waals surface area contributed by atoms with Crippen molar-refractivity contribution in [1.29, 1.82) is 0 Å². The van der Waals surface area contributed by atoms with E-state index in [1.54, 1.807) is 0 Å². The molecule has 2 aromatic rings. The lowest BCUT2D eigenvalue weighted by molar-refractivity contribution is -0.102. The van der Waals surface area contributed by atoms with Gasteiger partial charge in [0.05, 0.1) is 12.8 Å². The fraction of sp³-hybridized carbons (Fsp3) is 0.350. The minimum Gasteiger partial charge on any atom is -0.362 e. The van der Waals surface area contributed by atoms with Gasteiger partial charge in [0.15, 0.2) is 11.4 Å². The van der Waals surface area contributed by atoms with Crippen molar-refractivity contribution in [2.24, 2.45) is 0 Å². The topological polar surface area (TPSA) is 41.6 Å². The second-order valence-corrected chi connectivity index (χ2v) is 6.42. The Morgan fingerprint density at radius 2 is 1.75 bits per heavy atom. The summed E-state index contributed by atoms with van der Waals surface area (Å²) in [6.45, 7) is 1.26. The zero-order chi connectivity index (χ0) is 17.0. The minimum atomic E-state index is -0.940. The van der Waals surface area contributed by atoms with Crippen LogP contribution in [0.2, 0.25) is 0 Å². The van der Waals surface area contributed by atoms with Crippen LogP contribution in [0.1, 0.15) is 15.9 Å². The number of morpholine rings is 1. The van der Waals surface area contributed by atoms with Gasteiger partial charge in [-0.3, -0.25) is 15.0 Å². The lowest BCUT2D eigenvalue weighted by Gasteiger charge is -2.46. The first-order valence-electron chi connectivity index (χ1n) is 8.31. The first-order chi connectivity index (χ1) is 11.6. The molecule has 4 heteroatoms. The van der Waals surface area contributed by atoms with Gasteiger partial charge in [-0.2, -0.15) is 0 Å². The predicted molar refractivity (Wildman–Crippen MR) is 95.1 cm³/mol. The maximum atomic E-state index is 13.4. The zero-order valence-corrected chi connectivity index (χ0v) is 14.2. The van der Waals surface area contributed by atoms with E-state index in [1.165, 1.54) is 0 Å². The summed E-state index contributed by atoms with van der Waals surface area (Å²) in [5, 5.41) is 3.46. The van der Waals surface area contributed by atoms with Gasteiger partial charge in [-0.25, -0.2) is 0 Å². The van der Waals surface area contributed by atoms with Crippen LogP contribution >= 0.6 is 0 Å². The Bertz CT molecular complexity index is 673. The monoisotopic (exact) mass is 324 g/mol. The summed E-state index contributed by atoms with van der Waals surface area (Å²) in [4.78, 5) is 15.5. The van der Waals surface area contributed by atoms with Gasteiger partial charge in [0.1, 0.15) is 0 Å². The molecule has 2 atom stereocenters. The van der Waals surface area contributed by atoms with Crippen LogP contribution < -0.4 is 5.32 Å². The lowest BCUT2D eigenvalue weighted by atomic mass is 9.82. The average Bonchev–Trinajstić information content (AvgIpc) is 2.63. The van der Waals surface area contributed by atoms with E-state index in [4.69, 9.17) is 4.74 Å². The van der Waals surface area contributed by atoms with Gasteiger partial charge in [-0.05, 0) is 19.7 Å². The Labute approximate surface area is 143 Å². The molecule has 0 spiro atoms. The molecule has 0 saturated carbocycles. The van der Waals surface area contributed by atoms with Crippen molar-refractivity contribution in [1.82, 2.24) is 10.2 Å². The molecular weight excluding hydrogens is 300 g/mol. The van der Waals surface area contributed by atoms with Gasteiger partial charge >= 0.3 is 0 Å². The van der Waals surface area contributed by atoms with Crippen LogP contribution in [0.4, 0.5) is 0 Å². The Kier molecular flexibility index (Phi) is 5.09. The number of nitrogens with zero attached hydrogens (tertiary/aromatic N) is 1. The Balaban J connectivity index is 2.04. The summed E-state index contributed by atoms with van der Waals surface area (Å²) < 4.78 is 6.21. The molecule has 2 aromatic carbocycles. The summed E-state index contributed by atoms with van der Waals surface area (Å²) in [6, 6.07) is 19.5. The number of Topliss-reactive ketones (excluding diaryl/α,β-unsaturated/α-hetero) is 1. The van der Waals surface area contributed by atoms with Crippen LogP contribution in [0.5, 0.6) is 0 Å². The Morgan fingerprint density at radius 3 is 2.38 bits per heavy atom. The molecule has 1 aliphatic heterocycles. The molecular formula is C20H24N2O2. The number of rotatable bonds is 5. The van der Waals surface area contributed by atoms with Crippen molar-refractivity contribution >= 4 is 5.78 Å². The molecule has 0 aromatic heterocycles. The summed E-state index contributed by atoms with van der Waals surface area (Å²) in [5.41, 5.74) is 0.839. The van der Waals surface area contributed by atoms with Crippen molar-refractivity contribution < 1.29 is 9.53 Å². The number of nitrogens with one attached hydrogen (secondary N) is 1. The van der Waals surface area contributed by atoms with Gasteiger partial charge in [-0.1, -0.05) is 60.7 Å². The highest BCUT2D eigenvalue weighted by Gasteiger charge is 2.50. The number of hydrogen-bond acceptors (Lipinski definition) is 4. The molecule has 126 valence electrons. The molecule has 0 aliphatic carbocycles. The molecule has 1 fully saturated rings. The second-order valence-electron chi connectivity index (χ2n) is 6.42. The second kappa shape index (κ2) is 7.26. The fourth-order valence-corrected chi connectivity index (χ4v) is 3.42. The van der Waals surface area contributed by atoms with Gasteiger partial charge in [0.2, 0.25) is 0 Å². The van der Waals surface area contributed by atoms with E-state index < -0.39 is 5.60 Å². The Morgan fingerprint density at radius 1 is 1.12 bits per heavy atom. The number of likely N-dealkylation sites (N-methyl/N-ethyl adjacent to an activating group) is 1. The number of hydrogen-bond donors (Lipinski definition) is 1. The number of carbonyl (C=O) groups excluding carboxylic acids is 1. The van der Waals surface area contributed by atoms with Crippen LogP contribution in [-0.4, -0.2) is 49.7 Å². The van der Waals surface area contributed by atoms with Gasteiger partial charge in [-0.15, -0.1) is 0 Å². The third-order valence-electron chi connectivity index (χ3n) is 4.49. The molecule has 1 N–H and O–H groups in total. The smallest absolute Gasteiger partial charge is 0.197 e. The van der Waals surface area contributed by atoms with E-state index in [1.807, 2.05) is 79.7 Å². The van der Waals surface area contributed by atoms with Crippen LogP contribution in [-0.2, 0) is 11.2 Å². The van der Waals surface area contributed by atoms with Crippen LogP contribution in [0, 0.1) is 0 Å². The Hall–Kier alpha value is -2.01. The van der Waals surface area contributed by atoms with Gasteiger partial charge in [0, 0.05) is 18.5 Å². The number of ketones is 1. The normalized spacial score (nSPS) is 24.0. The molecule has 1 aliphatic rings. The minimum absolute atomic E-state index is 0.0258. The molecule has 4 nitrogen and oxygen atoms in total. The largest absolute Gasteiger partial charge is 0.362 e. The van der Waals surface area contributed by atoms with E-state index in [2.05, 4.69) is 5.32 Å². The fourth-order valence-electron chi connectivity index (χ4n) is 3.42. The molecule has 1 heterocycles. The lowest BCUT2D eigenvalue weighted by Crippen LogP contribution is -2.68. The standard InChI is InChI=1S/C20H24N2O2/c1-22(2)19-20(24-14-13-21-19,15-16-9-5-3-6-10-16)18(23)17-11-7-4-8-12-17/h3-12,19,21H,13-15H2,1-2H3. The number of benzene rings is 2. The quantitative estimate of drug-likeness (QED) is 0.858. The van der Waals surface area contributed by atoms with Crippen LogP contribution in [0.15, 0.2) is 60.7 Å². The van der Waals surface area contributed by atoms with Gasteiger partial charge < -0.3 is 4.74 Å². The first kappa shape index (κ1) is 16.8. The van der Waals surface area contributed by atoms with Crippen molar-refractivity contribution in [3.63, 3.8) is 0 Å². The number of carbonyl (C=O) groups is 1. The van der Waals surface area contributed by atoms with Gasteiger partial charge in [0.25, 0.3) is 0 Å². The first-order valence-corrected chi connectivity index (χ1v) is 8.31. The summed E-state index contributed by atoms with van der Waals surface area (Å²) >= 11 is 0. The van der Waals surface area contributed by atoms with E-state index >= 15 is 0 Å². The van der Waals surface area contributed by atoms with Crippen molar-refractivity contribution in [3.8, 4) is 0 Å². The third kappa shape index (κ3) is 3.26. The van der Waals surface area contributed by atoms with E-state index in [-0.39, 0.29) is 11.9 Å². The third-order valence-corrected chi connectivity index (χ3v) is 4.49. The molecule has 3 rings (SSSR count). The van der Waals surface area contributed by atoms with Crippen molar-refractivity contribution in [2.75, 3.05) is 27.2 Å². The van der Waals surface area contributed by atoms with Crippen molar-refractivity contribution in [2.45, 2.75) is 18.2 Å². The molecule has 0 radical (unpaired) electrons. The highest BCUT2D eigenvalue weighted by Crippen LogP contribution is 2.30. The maximum Gasteiger partial charge on any atom is 0.197 e. The molecule has 0 amide bonds. The molecule has 1 saturated heterocycles. The summed E-state index contributed by atoms with van der Waals surface area (Å²) in [7, 11) is 3.95. The molecule has 0 bridgehead atoms. The van der Waals surface area contributed by atoms with E-state index in [0.717, 1.165) is 12.1 Å². The van der Waals surface area contributed by atoms with E-state index in [0.29, 0.717) is 18.6 Å². The van der Waals surface area contributed by atoms with Crippen LogP contribution in [0.3, 0.4) is 0 Å². The van der Waals surface area contributed by atoms with Crippen molar-refractivity contribution in [3.05, 3.63) is 71.8 Å².